The lowest BCUT2D eigenvalue weighted by Gasteiger charge is -2.30. The molecular weight excluding hydrogens is 250 g/mol. The summed E-state index contributed by atoms with van der Waals surface area (Å²) in [6.07, 6.45) is 0. The van der Waals surface area contributed by atoms with Crippen LogP contribution in [0.15, 0.2) is 30.3 Å². The average Bonchev–Trinajstić information content (AvgIpc) is 2.27. The van der Waals surface area contributed by atoms with Crippen LogP contribution in [0.1, 0.15) is 26.3 Å². The van der Waals surface area contributed by atoms with Crippen LogP contribution in [0.4, 0.5) is 0 Å². The lowest BCUT2D eigenvalue weighted by molar-refractivity contribution is 0.434. The van der Waals surface area contributed by atoms with Crippen LogP contribution in [0.25, 0.3) is 0 Å². The van der Waals surface area contributed by atoms with E-state index in [2.05, 4.69) is 9.44 Å². The molecule has 1 aromatic rings. The van der Waals surface area contributed by atoms with Crippen molar-refractivity contribution in [3.8, 4) is 0 Å². The second kappa shape index (κ2) is 5.79. The summed E-state index contributed by atoms with van der Waals surface area (Å²) in [6.45, 7) is 5.47. The van der Waals surface area contributed by atoms with Crippen molar-refractivity contribution in [3.05, 3.63) is 35.9 Å². The molecule has 0 radical (unpaired) electrons. The first kappa shape index (κ1) is 15.1. The van der Waals surface area contributed by atoms with Gasteiger partial charge in [0.25, 0.3) is 10.2 Å². The normalized spacial score (nSPS) is 15.6. The molecule has 5 nitrogen and oxygen atoms in total. The molecule has 0 aliphatic heterocycles. The fourth-order valence-corrected chi connectivity index (χ4v) is 3.13. The van der Waals surface area contributed by atoms with E-state index in [9.17, 15) is 8.42 Å². The number of hydrogen-bond acceptors (Lipinski definition) is 3. The fourth-order valence-electron chi connectivity index (χ4n) is 1.66. The summed E-state index contributed by atoms with van der Waals surface area (Å²) in [5, 5.41) is 0. The van der Waals surface area contributed by atoms with Gasteiger partial charge in [0.05, 0.1) is 5.54 Å². The van der Waals surface area contributed by atoms with Gasteiger partial charge in [-0.05, 0) is 26.3 Å². The minimum absolute atomic E-state index is 0.166. The molecule has 102 valence electrons. The van der Waals surface area contributed by atoms with Gasteiger partial charge in [-0.25, -0.2) is 0 Å². The third kappa shape index (κ3) is 4.06. The van der Waals surface area contributed by atoms with Crippen LogP contribution >= 0.6 is 0 Å². The van der Waals surface area contributed by atoms with Crippen molar-refractivity contribution in [1.82, 2.24) is 9.44 Å². The highest BCUT2D eigenvalue weighted by Gasteiger charge is 2.30. The molecule has 1 unspecified atom stereocenters. The maximum Gasteiger partial charge on any atom is 0.278 e. The second-order valence-corrected chi connectivity index (χ2v) is 6.23. The van der Waals surface area contributed by atoms with Gasteiger partial charge in [-0.15, -0.1) is 0 Å². The zero-order valence-corrected chi connectivity index (χ0v) is 11.8. The van der Waals surface area contributed by atoms with Crippen molar-refractivity contribution in [3.63, 3.8) is 0 Å². The van der Waals surface area contributed by atoms with E-state index >= 15 is 0 Å². The third-order valence-corrected chi connectivity index (χ3v) is 4.07. The molecule has 0 spiro atoms. The van der Waals surface area contributed by atoms with Crippen LogP contribution in [-0.4, -0.2) is 21.0 Å². The number of rotatable bonds is 6. The highest BCUT2D eigenvalue weighted by atomic mass is 32.2. The maximum atomic E-state index is 11.9. The van der Waals surface area contributed by atoms with Gasteiger partial charge in [-0.1, -0.05) is 30.3 Å². The largest absolute Gasteiger partial charge is 0.328 e. The molecular formula is C12H21N3O2S. The topological polar surface area (TPSA) is 84.2 Å². The molecule has 18 heavy (non-hydrogen) atoms. The summed E-state index contributed by atoms with van der Waals surface area (Å²) in [7, 11) is -3.58. The predicted molar refractivity (Wildman–Crippen MR) is 73.2 cm³/mol. The molecule has 6 heteroatoms. The third-order valence-electron chi connectivity index (χ3n) is 2.57. The summed E-state index contributed by atoms with van der Waals surface area (Å²) in [4.78, 5) is 0. The standard InChI is InChI=1S/C12H21N3O2S/c1-10(2)14-18(16,17)15-12(3,9-13)11-7-5-4-6-8-11/h4-8,10,14-15H,9,13H2,1-3H3. The van der Waals surface area contributed by atoms with Crippen molar-refractivity contribution in [1.29, 1.82) is 0 Å². The fraction of sp³-hybridized carbons (Fsp3) is 0.500. The van der Waals surface area contributed by atoms with Gasteiger partial charge in [-0.2, -0.15) is 17.9 Å². The van der Waals surface area contributed by atoms with Crippen LogP contribution < -0.4 is 15.2 Å². The molecule has 0 amide bonds. The summed E-state index contributed by atoms with van der Waals surface area (Å²) in [6, 6.07) is 9.12. The molecule has 1 atom stereocenters. The maximum absolute atomic E-state index is 11.9. The van der Waals surface area contributed by atoms with Gasteiger partial charge in [0.15, 0.2) is 0 Å². The molecule has 0 aromatic heterocycles. The van der Waals surface area contributed by atoms with Crippen LogP contribution in [0.5, 0.6) is 0 Å². The van der Waals surface area contributed by atoms with Crippen molar-refractivity contribution in [2.75, 3.05) is 6.54 Å². The van der Waals surface area contributed by atoms with Gasteiger partial charge in [0.2, 0.25) is 0 Å². The van der Waals surface area contributed by atoms with Crippen LogP contribution in [0.2, 0.25) is 0 Å². The first-order chi connectivity index (χ1) is 8.29. The van der Waals surface area contributed by atoms with E-state index in [4.69, 9.17) is 5.73 Å². The van der Waals surface area contributed by atoms with Crippen molar-refractivity contribution < 1.29 is 8.42 Å². The Bertz CT molecular complexity index is 473. The van der Waals surface area contributed by atoms with E-state index in [1.165, 1.54) is 0 Å². The first-order valence-corrected chi connectivity index (χ1v) is 7.34. The van der Waals surface area contributed by atoms with Crippen molar-refractivity contribution >= 4 is 10.2 Å². The lowest BCUT2D eigenvalue weighted by atomic mass is 9.94. The van der Waals surface area contributed by atoms with Crippen LogP contribution in [0, 0.1) is 0 Å². The van der Waals surface area contributed by atoms with Gasteiger partial charge >= 0.3 is 0 Å². The van der Waals surface area contributed by atoms with E-state index in [1.54, 1.807) is 20.8 Å². The van der Waals surface area contributed by atoms with E-state index in [0.717, 1.165) is 5.56 Å². The molecule has 1 aromatic carbocycles. The van der Waals surface area contributed by atoms with E-state index < -0.39 is 15.7 Å². The minimum atomic E-state index is -3.58. The lowest BCUT2D eigenvalue weighted by Crippen LogP contribution is -2.53. The number of nitrogens with one attached hydrogen (secondary N) is 2. The van der Waals surface area contributed by atoms with E-state index in [-0.39, 0.29) is 12.6 Å². The molecule has 4 N–H and O–H groups in total. The van der Waals surface area contributed by atoms with Gasteiger partial charge in [0.1, 0.15) is 0 Å². The summed E-state index contributed by atoms with van der Waals surface area (Å²) >= 11 is 0. The smallest absolute Gasteiger partial charge is 0.278 e. The molecule has 0 aliphatic rings. The van der Waals surface area contributed by atoms with E-state index in [1.807, 2.05) is 30.3 Å². The van der Waals surface area contributed by atoms with E-state index in [0.29, 0.717) is 0 Å². The highest BCUT2D eigenvalue weighted by molar-refractivity contribution is 7.87. The summed E-state index contributed by atoms with van der Waals surface area (Å²) in [5.41, 5.74) is 5.74. The Morgan fingerprint density at radius 2 is 1.83 bits per heavy atom. The molecule has 1 rings (SSSR count). The zero-order valence-electron chi connectivity index (χ0n) is 11.0. The van der Waals surface area contributed by atoms with Gasteiger partial charge in [-0.3, -0.25) is 0 Å². The van der Waals surface area contributed by atoms with Crippen LogP contribution in [0.3, 0.4) is 0 Å². The Balaban J connectivity index is 2.97. The molecule has 0 bridgehead atoms. The molecule has 0 saturated carbocycles. The Kier molecular flexibility index (Phi) is 4.86. The average molecular weight is 271 g/mol. The highest BCUT2D eigenvalue weighted by Crippen LogP contribution is 2.19. The van der Waals surface area contributed by atoms with Gasteiger partial charge in [0, 0.05) is 12.6 Å². The number of nitrogens with two attached hydrogens (primary N) is 1. The Labute approximate surface area is 109 Å². The summed E-state index contributed by atoms with van der Waals surface area (Å²) in [5.74, 6) is 0. The molecule has 0 heterocycles. The van der Waals surface area contributed by atoms with Crippen molar-refractivity contribution in [2.45, 2.75) is 32.4 Å². The van der Waals surface area contributed by atoms with Crippen molar-refractivity contribution in [2.24, 2.45) is 5.73 Å². The number of benzene rings is 1. The Morgan fingerprint density at radius 1 is 1.28 bits per heavy atom. The van der Waals surface area contributed by atoms with Crippen LogP contribution in [-0.2, 0) is 15.7 Å². The second-order valence-electron chi connectivity index (χ2n) is 4.78. The Morgan fingerprint density at radius 3 is 2.28 bits per heavy atom. The molecule has 0 fully saturated rings. The predicted octanol–water partition coefficient (Wildman–Crippen LogP) is 0.693. The SMILES string of the molecule is CC(C)NS(=O)(=O)NC(C)(CN)c1ccccc1. The Hall–Kier alpha value is -0.950. The molecule has 0 aliphatic carbocycles. The summed E-state index contributed by atoms with van der Waals surface area (Å²) < 4.78 is 28.9. The minimum Gasteiger partial charge on any atom is -0.328 e. The van der Waals surface area contributed by atoms with Gasteiger partial charge < -0.3 is 5.73 Å². The first-order valence-electron chi connectivity index (χ1n) is 5.86. The number of hydrogen-bond donors (Lipinski definition) is 3. The zero-order chi connectivity index (χ0) is 13.8. The quantitative estimate of drug-likeness (QED) is 0.712. The monoisotopic (exact) mass is 271 g/mol. The molecule has 0 saturated heterocycles.